The minimum absolute atomic E-state index is 0.446. The molecule has 0 aliphatic heterocycles. The largest absolute Gasteiger partial charge is 0.366 e. The maximum Gasteiger partial charge on any atom is 0.248 e. The number of nitrogens with two attached hydrogens (primary N) is 1. The summed E-state index contributed by atoms with van der Waals surface area (Å²) in [5.41, 5.74) is 6.67. The lowest BCUT2D eigenvalue weighted by Crippen LogP contribution is -2.16. The van der Waals surface area contributed by atoms with Gasteiger partial charge in [0.2, 0.25) is 5.91 Å². The van der Waals surface area contributed by atoms with Gasteiger partial charge in [0.1, 0.15) is 0 Å². The number of primary amides is 1. The van der Waals surface area contributed by atoms with Crippen LogP contribution >= 0.6 is 11.6 Å². The SMILES string of the molecule is CC(C)CCCCCCNCc1ccc(C(N)=O)cc1Cl. The van der Waals surface area contributed by atoms with Crippen molar-refractivity contribution in [2.45, 2.75) is 52.5 Å². The van der Waals surface area contributed by atoms with E-state index in [1.54, 1.807) is 12.1 Å². The first-order valence-corrected chi connectivity index (χ1v) is 8.17. The summed E-state index contributed by atoms with van der Waals surface area (Å²) in [6, 6.07) is 5.21. The number of carbonyl (C=O) groups excluding carboxylic acids is 1. The van der Waals surface area contributed by atoms with E-state index in [1.807, 2.05) is 6.07 Å². The smallest absolute Gasteiger partial charge is 0.248 e. The molecule has 0 saturated carbocycles. The Kier molecular flexibility index (Phi) is 8.40. The lowest BCUT2D eigenvalue weighted by Gasteiger charge is -2.08. The molecule has 0 saturated heterocycles. The van der Waals surface area contributed by atoms with Crippen LogP contribution in [0.2, 0.25) is 5.02 Å². The Labute approximate surface area is 133 Å². The van der Waals surface area contributed by atoms with Gasteiger partial charge in [-0.15, -0.1) is 0 Å². The van der Waals surface area contributed by atoms with E-state index >= 15 is 0 Å². The van der Waals surface area contributed by atoms with Gasteiger partial charge < -0.3 is 11.1 Å². The third-order valence-electron chi connectivity index (χ3n) is 3.54. The quantitative estimate of drug-likeness (QED) is 0.638. The van der Waals surface area contributed by atoms with Crippen molar-refractivity contribution < 1.29 is 4.79 Å². The lowest BCUT2D eigenvalue weighted by atomic mass is 10.0. The maximum absolute atomic E-state index is 11.0. The van der Waals surface area contributed by atoms with Crippen LogP contribution in [0.5, 0.6) is 0 Å². The standard InChI is InChI=1S/C17H27ClN2O/c1-13(2)7-5-3-4-6-10-20-12-15-9-8-14(17(19)21)11-16(15)18/h8-9,11,13,20H,3-7,10,12H2,1-2H3,(H2,19,21). The molecular formula is C17H27ClN2O. The molecule has 0 aliphatic rings. The van der Waals surface area contributed by atoms with E-state index in [2.05, 4.69) is 19.2 Å². The minimum Gasteiger partial charge on any atom is -0.366 e. The Hall–Kier alpha value is -1.06. The Morgan fingerprint density at radius 1 is 1.24 bits per heavy atom. The van der Waals surface area contributed by atoms with Crippen LogP contribution in [0, 0.1) is 5.92 Å². The summed E-state index contributed by atoms with van der Waals surface area (Å²) >= 11 is 6.14. The monoisotopic (exact) mass is 310 g/mol. The van der Waals surface area contributed by atoms with Crippen molar-refractivity contribution >= 4 is 17.5 Å². The summed E-state index contributed by atoms with van der Waals surface area (Å²) < 4.78 is 0. The van der Waals surface area contributed by atoms with Crippen LogP contribution in [-0.4, -0.2) is 12.5 Å². The van der Waals surface area contributed by atoms with Crippen LogP contribution in [0.25, 0.3) is 0 Å². The van der Waals surface area contributed by atoms with Crippen LogP contribution in [0.4, 0.5) is 0 Å². The molecule has 1 rings (SSSR count). The predicted octanol–water partition coefficient (Wildman–Crippen LogP) is 4.14. The normalized spacial score (nSPS) is 11.0. The van der Waals surface area contributed by atoms with E-state index in [0.717, 1.165) is 24.6 Å². The highest BCUT2D eigenvalue weighted by atomic mass is 35.5. The molecule has 0 fully saturated rings. The fraction of sp³-hybridized carbons (Fsp3) is 0.588. The van der Waals surface area contributed by atoms with Gasteiger partial charge in [0.15, 0.2) is 0 Å². The average molecular weight is 311 g/mol. The van der Waals surface area contributed by atoms with Crippen LogP contribution in [0.15, 0.2) is 18.2 Å². The molecule has 0 unspecified atom stereocenters. The molecule has 0 radical (unpaired) electrons. The van der Waals surface area contributed by atoms with E-state index in [9.17, 15) is 4.79 Å². The van der Waals surface area contributed by atoms with Crippen LogP contribution in [-0.2, 0) is 6.54 Å². The molecule has 1 aromatic rings. The number of halogens is 1. The van der Waals surface area contributed by atoms with Crippen molar-refractivity contribution in [3.63, 3.8) is 0 Å². The minimum atomic E-state index is -0.446. The number of amides is 1. The summed E-state index contributed by atoms with van der Waals surface area (Å²) in [6.45, 7) is 6.27. The zero-order chi connectivity index (χ0) is 15.7. The molecule has 0 aliphatic carbocycles. The molecule has 1 amide bonds. The van der Waals surface area contributed by atoms with Crippen molar-refractivity contribution in [3.8, 4) is 0 Å². The predicted molar refractivity (Wildman–Crippen MR) is 89.6 cm³/mol. The first-order chi connectivity index (χ1) is 10.0. The number of rotatable bonds is 10. The van der Waals surface area contributed by atoms with E-state index in [1.165, 1.54) is 32.1 Å². The number of nitrogens with one attached hydrogen (secondary N) is 1. The van der Waals surface area contributed by atoms with Gasteiger partial charge in [-0.1, -0.05) is 57.2 Å². The zero-order valence-electron chi connectivity index (χ0n) is 13.1. The molecule has 3 N–H and O–H groups in total. The summed E-state index contributed by atoms with van der Waals surface area (Å²) in [5, 5.41) is 3.98. The second-order valence-corrected chi connectivity index (χ2v) is 6.35. The maximum atomic E-state index is 11.0. The second kappa shape index (κ2) is 9.80. The first kappa shape index (κ1) is 18.0. The Bertz CT molecular complexity index is 446. The molecule has 0 bridgehead atoms. The highest BCUT2D eigenvalue weighted by molar-refractivity contribution is 6.31. The summed E-state index contributed by atoms with van der Waals surface area (Å²) in [7, 11) is 0. The van der Waals surface area contributed by atoms with Crippen LogP contribution < -0.4 is 11.1 Å². The number of hydrogen-bond acceptors (Lipinski definition) is 2. The van der Waals surface area contributed by atoms with E-state index in [4.69, 9.17) is 17.3 Å². The van der Waals surface area contributed by atoms with Crippen molar-refractivity contribution in [1.29, 1.82) is 0 Å². The van der Waals surface area contributed by atoms with Crippen molar-refractivity contribution in [3.05, 3.63) is 34.3 Å². The first-order valence-electron chi connectivity index (χ1n) is 7.79. The summed E-state index contributed by atoms with van der Waals surface area (Å²) in [6.07, 6.45) is 6.43. The van der Waals surface area contributed by atoms with Gasteiger partial charge in [-0.25, -0.2) is 0 Å². The molecular weight excluding hydrogens is 284 g/mol. The fourth-order valence-electron chi connectivity index (χ4n) is 2.22. The lowest BCUT2D eigenvalue weighted by molar-refractivity contribution is 0.100. The highest BCUT2D eigenvalue weighted by Crippen LogP contribution is 2.17. The number of hydrogen-bond donors (Lipinski definition) is 2. The van der Waals surface area contributed by atoms with E-state index < -0.39 is 5.91 Å². The van der Waals surface area contributed by atoms with Gasteiger partial charge in [0.05, 0.1) is 0 Å². The third-order valence-corrected chi connectivity index (χ3v) is 3.89. The van der Waals surface area contributed by atoms with Gasteiger partial charge in [-0.3, -0.25) is 4.79 Å². The van der Waals surface area contributed by atoms with Gasteiger partial charge in [0, 0.05) is 17.1 Å². The fourth-order valence-corrected chi connectivity index (χ4v) is 2.47. The van der Waals surface area contributed by atoms with Crippen LogP contribution in [0.3, 0.4) is 0 Å². The average Bonchev–Trinajstić information content (AvgIpc) is 2.42. The van der Waals surface area contributed by atoms with E-state index in [-0.39, 0.29) is 0 Å². The molecule has 3 nitrogen and oxygen atoms in total. The van der Waals surface area contributed by atoms with Gasteiger partial charge in [-0.2, -0.15) is 0 Å². The van der Waals surface area contributed by atoms with Crippen molar-refractivity contribution in [1.82, 2.24) is 5.32 Å². The Morgan fingerprint density at radius 2 is 1.95 bits per heavy atom. The molecule has 0 heterocycles. The topological polar surface area (TPSA) is 55.1 Å². The van der Waals surface area contributed by atoms with Crippen molar-refractivity contribution in [2.24, 2.45) is 11.7 Å². The van der Waals surface area contributed by atoms with E-state index in [0.29, 0.717) is 10.6 Å². The molecule has 0 aromatic heterocycles. The summed E-state index contributed by atoms with van der Waals surface area (Å²) in [4.78, 5) is 11.0. The highest BCUT2D eigenvalue weighted by Gasteiger charge is 2.05. The third kappa shape index (κ3) is 7.49. The zero-order valence-corrected chi connectivity index (χ0v) is 13.9. The van der Waals surface area contributed by atoms with Gasteiger partial charge in [-0.05, 0) is 36.6 Å². The Balaban J connectivity index is 2.17. The van der Waals surface area contributed by atoms with Gasteiger partial charge >= 0.3 is 0 Å². The molecule has 4 heteroatoms. The van der Waals surface area contributed by atoms with Gasteiger partial charge in [0.25, 0.3) is 0 Å². The number of benzene rings is 1. The molecule has 0 atom stereocenters. The van der Waals surface area contributed by atoms with Crippen molar-refractivity contribution in [2.75, 3.05) is 6.54 Å². The summed E-state index contributed by atoms with van der Waals surface area (Å²) in [5.74, 6) is 0.367. The molecule has 118 valence electrons. The number of unbranched alkanes of at least 4 members (excludes halogenated alkanes) is 3. The molecule has 0 spiro atoms. The van der Waals surface area contributed by atoms with Crippen LogP contribution in [0.1, 0.15) is 61.9 Å². The molecule has 1 aromatic carbocycles. The number of carbonyl (C=O) groups is 1. The Morgan fingerprint density at radius 3 is 2.57 bits per heavy atom. The molecule has 21 heavy (non-hydrogen) atoms. The second-order valence-electron chi connectivity index (χ2n) is 5.94.